The van der Waals surface area contributed by atoms with Crippen molar-refractivity contribution in [3.63, 3.8) is 0 Å². The van der Waals surface area contributed by atoms with Crippen LogP contribution in [0.2, 0.25) is 0 Å². The van der Waals surface area contributed by atoms with Gasteiger partial charge in [-0.3, -0.25) is 0 Å². The number of sulfone groups is 1. The van der Waals surface area contributed by atoms with Crippen molar-refractivity contribution in [3.05, 3.63) is 0 Å². The van der Waals surface area contributed by atoms with Crippen LogP contribution in [0.4, 0.5) is 5.82 Å². The van der Waals surface area contributed by atoms with Crippen molar-refractivity contribution >= 4 is 15.7 Å². The van der Waals surface area contributed by atoms with Crippen LogP contribution in [0.25, 0.3) is 0 Å². The van der Waals surface area contributed by atoms with E-state index in [4.69, 9.17) is 11.5 Å². The van der Waals surface area contributed by atoms with Gasteiger partial charge in [0, 0.05) is 6.54 Å². The molecule has 0 saturated carbocycles. The molecule has 4 N–H and O–H groups in total. The van der Waals surface area contributed by atoms with E-state index in [1.807, 2.05) is 0 Å². The van der Waals surface area contributed by atoms with E-state index in [1.54, 1.807) is 13.8 Å². The number of aryl methyl sites for hydroxylation is 1. The first kappa shape index (κ1) is 13.9. The Kier molecular flexibility index (Phi) is 4.47. The van der Waals surface area contributed by atoms with Crippen LogP contribution in [0.15, 0.2) is 5.03 Å². The molecule has 0 radical (unpaired) electrons. The summed E-state index contributed by atoms with van der Waals surface area (Å²) in [5, 5.41) is 6.73. The summed E-state index contributed by atoms with van der Waals surface area (Å²) in [6, 6.07) is 0. The van der Waals surface area contributed by atoms with Gasteiger partial charge in [0.25, 0.3) is 0 Å². The maximum Gasteiger partial charge on any atom is 0.221 e. The highest BCUT2D eigenvalue weighted by Gasteiger charge is 2.27. The summed E-state index contributed by atoms with van der Waals surface area (Å²) in [5.41, 5.74) is 11.1. The van der Waals surface area contributed by atoms with E-state index in [2.05, 4.69) is 10.3 Å². The van der Waals surface area contributed by atoms with Crippen LogP contribution in [0, 0.1) is 0 Å². The maximum atomic E-state index is 11.9. The van der Waals surface area contributed by atoms with Gasteiger partial charge in [0.05, 0.1) is 5.25 Å². The highest BCUT2D eigenvalue weighted by molar-refractivity contribution is 7.92. The molecule has 8 heteroatoms. The minimum atomic E-state index is -3.46. The van der Waals surface area contributed by atoms with Gasteiger partial charge in [-0.25, -0.2) is 13.1 Å². The smallest absolute Gasteiger partial charge is 0.221 e. The summed E-state index contributed by atoms with van der Waals surface area (Å²) in [6.45, 7) is 4.29. The molecule has 0 atom stereocenters. The van der Waals surface area contributed by atoms with Gasteiger partial charge in [-0.2, -0.15) is 0 Å². The molecule has 1 rings (SSSR count). The monoisotopic (exact) mass is 261 g/mol. The molecule has 17 heavy (non-hydrogen) atoms. The topological polar surface area (TPSA) is 117 Å². The molecule has 0 aliphatic rings. The van der Waals surface area contributed by atoms with Crippen molar-refractivity contribution in [1.29, 1.82) is 0 Å². The third-order valence-corrected chi connectivity index (χ3v) is 4.53. The van der Waals surface area contributed by atoms with Crippen molar-refractivity contribution in [2.75, 3.05) is 12.3 Å². The zero-order chi connectivity index (χ0) is 13.1. The van der Waals surface area contributed by atoms with Crippen molar-refractivity contribution < 1.29 is 8.42 Å². The molecule has 0 aliphatic carbocycles. The van der Waals surface area contributed by atoms with Gasteiger partial charge in [-0.05, 0) is 33.2 Å². The Hall–Kier alpha value is -1.15. The fraction of sp³-hybridized carbons (Fsp3) is 0.778. The van der Waals surface area contributed by atoms with Crippen LogP contribution in [0.5, 0.6) is 0 Å². The number of nitrogens with two attached hydrogens (primary N) is 2. The van der Waals surface area contributed by atoms with Gasteiger partial charge in [-0.15, -0.1) is 5.10 Å². The Bertz CT molecular complexity index is 466. The predicted octanol–water partition coefficient (Wildman–Crippen LogP) is -0.219. The molecule has 7 nitrogen and oxygen atoms in total. The Morgan fingerprint density at radius 3 is 2.53 bits per heavy atom. The molecule has 0 spiro atoms. The second-order valence-electron chi connectivity index (χ2n) is 4.09. The normalized spacial score (nSPS) is 12.2. The van der Waals surface area contributed by atoms with Gasteiger partial charge in [0.15, 0.2) is 5.82 Å². The summed E-state index contributed by atoms with van der Waals surface area (Å²) in [7, 11) is -3.46. The molecule has 0 fully saturated rings. The van der Waals surface area contributed by atoms with Crippen LogP contribution in [-0.4, -0.2) is 35.2 Å². The molecule has 0 aliphatic heterocycles. The molecule has 0 unspecified atom stereocenters. The molecule has 1 aromatic heterocycles. The number of aromatic nitrogens is 3. The first-order valence-corrected chi connectivity index (χ1v) is 7.08. The third kappa shape index (κ3) is 2.95. The van der Waals surface area contributed by atoms with E-state index in [0.717, 1.165) is 12.8 Å². The van der Waals surface area contributed by atoms with Gasteiger partial charge in [-0.1, -0.05) is 5.21 Å². The van der Waals surface area contributed by atoms with Crippen molar-refractivity contribution in [2.24, 2.45) is 5.73 Å². The molecule has 1 heterocycles. The van der Waals surface area contributed by atoms with E-state index in [-0.39, 0.29) is 10.8 Å². The highest BCUT2D eigenvalue weighted by Crippen LogP contribution is 2.19. The summed E-state index contributed by atoms with van der Waals surface area (Å²) in [5.74, 6) is 0.107. The fourth-order valence-electron chi connectivity index (χ4n) is 1.30. The maximum absolute atomic E-state index is 11.9. The Morgan fingerprint density at radius 2 is 2.00 bits per heavy atom. The summed E-state index contributed by atoms with van der Waals surface area (Å²) >= 11 is 0. The van der Waals surface area contributed by atoms with E-state index in [1.165, 1.54) is 4.68 Å². The van der Waals surface area contributed by atoms with E-state index >= 15 is 0 Å². The number of hydrogen-bond donors (Lipinski definition) is 2. The van der Waals surface area contributed by atoms with Gasteiger partial charge in [0.2, 0.25) is 14.9 Å². The minimum Gasteiger partial charge on any atom is -0.381 e. The number of nitrogen functional groups attached to an aromatic ring is 1. The first-order valence-electron chi connectivity index (χ1n) is 5.54. The third-order valence-electron chi connectivity index (χ3n) is 2.45. The van der Waals surface area contributed by atoms with Gasteiger partial charge in [0.1, 0.15) is 0 Å². The summed E-state index contributed by atoms with van der Waals surface area (Å²) in [6.07, 6.45) is 1.64. The van der Waals surface area contributed by atoms with Crippen molar-refractivity contribution in [1.82, 2.24) is 15.0 Å². The van der Waals surface area contributed by atoms with Crippen LogP contribution >= 0.6 is 0 Å². The summed E-state index contributed by atoms with van der Waals surface area (Å²) < 4.78 is 25.2. The fourth-order valence-corrected chi connectivity index (χ4v) is 2.30. The number of rotatable bonds is 6. The van der Waals surface area contributed by atoms with Crippen LogP contribution in [0.3, 0.4) is 0 Å². The quantitative estimate of drug-likeness (QED) is 0.684. The standard InChI is InChI=1S/C9H19N5O2S/c1-7(2)17(15,16)9-8(11)14(13-12-9)6-4-3-5-10/h7H,3-6,10-11H2,1-2H3. The molecular weight excluding hydrogens is 242 g/mol. The van der Waals surface area contributed by atoms with E-state index < -0.39 is 15.1 Å². The number of unbranched alkanes of at least 4 members (excludes halogenated alkanes) is 1. The lowest BCUT2D eigenvalue weighted by Crippen LogP contribution is -2.16. The highest BCUT2D eigenvalue weighted by atomic mass is 32.2. The molecule has 0 bridgehead atoms. The SMILES string of the molecule is CC(C)S(=O)(=O)c1nnn(CCCCN)c1N. The molecular formula is C9H19N5O2S. The molecule has 98 valence electrons. The van der Waals surface area contributed by atoms with E-state index in [9.17, 15) is 8.42 Å². The number of anilines is 1. The van der Waals surface area contributed by atoms with E-state index in [0.29, 0.717) is 13.1 Å². The first-order chi connectivity index (χ1) is 7.91. The second-order valence-corrected chi connectivity index (χ2v) is 6.51. The number of hydrogen-bond acceptors (Lipinski definition) is 6. The predicted molar refractivity (Wildman–Crippen MR) is 65.0 cm³/mol. The molecule has 1 aromatic rings. The van der Waals surface area contributed by atoms with Gasteiger partial charge < -0.3 is 11.5 Å². The van der Waals surface area contributed by atoms with Gasteiger partial charge >= 0.3 is 0 Å². The van der Waals surface area contributed by atoms with Crippen molar-refractivity contribution in [3.8, 4) is 0 Å². The lowest BCUT2D eigenvalue weighted by Gasteiger charge is -2.05. The lowest BCUT2D eigenvalue weighted by molar-refractivity contribution is 0.550. The molecule has 0 amide bonds. The zero-order valence-corrected chi connectivity index (χ0v) is 10.9. The summed E-state index contributed by atoms with van der Waals surface area (Å²) in [4.78, 5) is 0. The average Bonchev–Trinajstić information content (AvgIpc) is 2.61. The minimum absolute atomic E-state index is 0.107. The number of nitrogens with zero attached hydrogens (tertiary/aromatic N) is 3. The van der Waals surface area contributed by atoms with Crippen LogP contribution in [-0.2, 0) is 16.4 Å². The Balaban J connectivity index is 2.92. The Morgan fingerprint density at radius 1 is 1.35 bits per heavy atom. The van der Waals surface area contributed by atoms with Crippen LogP contribution in [0.1, 0.15) is 26.7 Å². The average molecular weight is 261 g/mol. The van der Waals surface area contributed by atoms with Crippen LogP contribution < -0.4 is 11.5 Å². The lowest BCUT2D eigenvalue weighted by atomic mass is 10.3. The molecule has 0 aromatic carbocycles. The molecule has 0 saturated heterocycles. The second kappa shape index (κ2) is 5.46. The Labute approximate surface area is 101 Å². The largest absolute Gasteiger partial charge is 0.381 e. The van der Waals surface area contributed by atoms with Crippen molar-refractivity contribution in [2.45, 2.75) is 43.5 Å². The zero-order valence-electron chi connectivity index (χ0n) is 10.1.